The molecular formula is C2HF6O+. The van der Waals surface area contributed by atoms with Gasteiger partial charge in [0.25, 0.3) is 0 Å². The summed E-state index contributed by atoms with van der Waals surface area (Å²) < 4.78 is 64.5. The van der Waals surface area contributed by atoms with Crippen molar-refractivity contribution < 1.29 is 31.1 Å². The van der Waals surface area contributed by atoms with Crippen molar-refractivity contribution in [2.45, 2.75) is 12.7 Å². The summed E-state index contributed by atoms with van der Waals surface area (Å²) in [6, 6.07) is 0. The van der Waals surface area contributed by atoms with Gasteiger partial charge in [-0.3, -0.25) is 4.74 Å². The Labute approximate surface area is 45.2 Å². The zero-order chi connectivity index (χ0) is 7.71. The molecule has 56 valence electrons. The molecule has 1 nitrogen and oxygen atoms in total. The molecule has 0 aliphatic carbocycles. The minimum atomic E-state index is -5.52. The van der Waals surface area contributed by atoms with Crippen LogP contribution in [-0.2, 0) is 0 Å². The van der Waals surface area contributed by atoms with Crippen LogP contribution in [0.25, 0.3) is 0 Å². The summed E-state index contributed by atoms with van der Waals surface area (Å²) in [5, 5.41) is 0. The van der Waals surface area contributed by atoms with Crippen LogP contribution in [0.2, 0.25) is 0 Å². The van der Waals surface area contributed by atoms with E-state index in [0.717, 1.165) is 0 Å². The predicted molar refractivity (Wildman–Crippen MR) is 14.3 cm³/mol. The highest BCUT2D eigenvalue weighted by Gasteiger charge is 2.53. The SMILES string of the molecule is FC(F)(F)[OH+]C(F)(F)F. The average Bonchev–Trinajstić information content (AvgIpc) is 1.14. The van der Waals surface area contributed by atoms with Gasteiger partial charge in [-0.25, -0.2) is 0 Å². The average molecular weight is 155 g/mol. The lowest BCUT2D eigenvalue weighted by Crippen LogP contribution is -2.30. The fourth-order valence-electron chi connectivity index (χ4n) is 0.144. The summed E-state index contributed by atoms with van der Waals surface area (Å²) in [5.74, 6) is 0. The zero-order valence-electron chi connectivity index (χ0n) is 3.72. The predicted octanol–water partition coefficient (Wildman–Crippen LogP) is 1.55. The molecule has 0 saturated carbocycles. The minimum absolute atomic E-state index is 0.542. The van der Waals surface area contributed by atoms with Crippen molar-refractivity contribution in [2.75, 3.05) is 0 Å². The Morgan fingerprint density at radius 2 is 0.889 bits per heavy atom. The maximum absolute atomic E-state index is 10.7. The lowest BCUT2D eigenvalue weighted by molar-refractivity contribution is -0.542. The zero-order valence-corrected chi connectivity index (χ0v) is 3.72. The standard InChI is InChI=1S/C2F6O/c3-1(4,5)9-2(6,7)8/p+1. The molecule has 0 radical (unpaired) electrons. The van der Waals surface area contributed by atoms with Gasteiger partial charge in [0, 0.05) is 0 Å². The summed E-state index contributed by atoms with van der Waals surface area (Å²) in [6.07, 6.45) is -11.0. The lowest BCUT2D eigenvalue weighted by atomic mass is 11.2. The van der Waals surface area contributed by atoms with E-state index < -0.39 is 12.7 Å². The van der Waals surface area contributed by atoms with Gasteiger partial charge in [0.05, 0.1) is 0 Å². The Kier molecular flexibility index (Phi) is 1.95. The second kappa shape index (κ2) is 2.05. The Balaban J connectivity index is 3.75. The van der Waals surface area contributed by atoms with Gasteiger partial charge in [0.15, 0.2) is 0 Å². The molecule has 0 aliphatic rings. The van der Waals surface area contributed by atoms with Gasteiger partial charge < -0.3 is 0 Å². The summed E-state index contributed by atoms with van der Waals surface area (Å²) in [5.41, 5.74) is 0. The molecule has 0 atom stereocenters. The topological polar surface area (TPSA) is 12.8 Å². The van der Waals surface area contributed by atoms with Crippen molar-refractivity contribution in [3.63, 3.8) is 0 Å². The number of ether oxygens (including phenoxy) is 1. The summed E-state index contributed by atoms with van der Waals surface area (Å²) in [6.45, 7) is 0. The summed E-state index contributed by atoms with van der Waals surface area (Å²) in [4.78, 5) is 0. The van der Waals surface area contributed by atoms with Crippen LogP contribution in [0.5, 0.6) is 0 Å². The molecule has 0 unspecified atom stereocenters. The van der Waals surface area contributed by atoms with Crippen LogP contribution in [0.1, 0.15) is 0 Å². The Morgan fingerprint density at radius 1 is 0.667 bits per heavy atom. The van der Waals surface area contributed by atoms with Gasteiger partial charge in [-0.2, -0.15) is 0 Å². The smallest absolute Gasteiger partial charge is 0.257 e. The molecule has 0 rings (SSSR count). The normalized spacial score (nSPS) is 14.0. The molecule has 1 N–H and O–H groups in total. The molecular weight excluding hydrogens is 154 g/mol. The molecule has 0 heterocycles. The summed E-state index contributed by atoms with van der Waals surface area (Å²) in [7, 11) is 0. The Hall–Kier alpha value is -0.460. The highest BCUT2D eigenvalue weighted by atomic mass is 19.4. The molecule has 9 heavy (non-hydrogen) atoms. The molecule has 0 aromatic heterocycles. The molecule has 0 saturated heterocycles. The van der Waals surface area contributed by atoms with E-state index in [4.69, 9.17) is 0 Å². The minimum Gasteiger partial charge on any atom is -0.257 e. The van der Waals surface area contributed by atoms with Gasteiger partial charge >= 0.3 is 12.7 Å². The van der Waals surface area contributed by atoms with Crippen molar-refractivity contribution in [3.8, 4) is 0 Å². The number of rotatable bonds is 0. The number of halogens is 6. The second-order valence-electron chi connectivity index (χ2n) is 1.05. The van der Waals surface area contributed by atoms with Crippen LogP contribution in [-0.4, -0.2) is 17.5 Å². The van der Waals surface area contributed by atoms with E-state index >= 15 is 0 Å². The molecule has 0 aromatic rings. The Morgan fingerprint density at radius 3 is 0.889 bits per heavy atom. The highest BCUT2D eigenvalue weighted by Crippen LogP contribution is 2.24. The van der Waals surface area contributed by atoms with Gasteiger partial charge in [0.2, 0.25) is 0 Å². The third-order valence-corrected chi connectivity index (χ3v) is 0.254. The monoisotopic (exact) mass is 155 g/mol. The van der Waals surface area contributed by atoms with Crippen LogP contribution in [0.3, 0.4) is 0 Å². The number of hydrogen-bond donors (Lipinski definition) is 0. The largest absolute Gasteiger partial charge is 0.659 e. The fourth-order valence-corrected chi connectivity index (χ4v) is 0.144. The van der Waals surface area contributed by atoms with E-state index in [1.807, 2.05) is 0 Å². The summed E-state index contributed by atoms with van der Waals surface area (Å²) >= 11 is 0. The third-order valence-electron chi connectivity index (χ3n) is 0.254. The van der Waals surface area contributed by atoms with E-state index in [9.17, 15) is 26.3 Å². The molecule has 0 spiro atoms. The first-order valence-corrected chi connectivity index (χ1v) is 1.58. The van der Waals surface area contributed by atoms with Gasteiger partial charge in [-0.05, 0) is 0 Å². The highest BCUT2D eigenvalue weighted by molar-refractivity contribution is 4.27. The van der Waals surface area contributed by atoms with Crippen molar-refractivity contribution in [1.82, 2.24) is 0 Å². The van der Waals surface area contributed by atoms with E-state index in [1.54, 1.807) is 0 Å². The molecule has 0 bridgehead atoms. The van der Waals surface area contributed by atoms with Crippen LogP contribution < -0.4 is 0 Å². The molecule has 7 heteroatoms. The third kappa shape index (κ3) is 7.54. The first-order valence-electron chi connectivity index (χ1n) is 1.58. The van der Waals surface area contributed by atoms with E-state index in [-0.39, 0.29) is 0 Å². The molecule has 0 amide bonds. The van der Waals surface area contributed by atoms with Crippen molar-refractivity contribution >= 4 is 0 Å². The van der Waals surface area contributed by atoms with Crippen LogP contribution in [0.4, 0.5) is 26.3 Å². The van der Waals surface area contributed by atoms with Gasteiger partial charge in [-0.15, -0.1) is 0 Å². The van der Waals surface area contributed by atoms with Crippen LogP contribution >= 0.6 is 0 Å². The van der Waals surface area contributed by atoms with E-state index in [1.165, 1.54) is 0 Å². The number of hydrogen-bond acceptors (Lipinski definition) is 0. The van der Waals surface area contributed by atoms with E-state index in [0.29, 0.717) is 4.74 Å². The van der Waals surface area contributed by atoms with Crippen LogP contribution in [0, 0.1) is 0 Å². The van der Waals surface area contributed by atoms with Crippen molar-refractivity contribution in [3.05, 3.63) is 0 Å². The molecule has 0 aliphatic heterocycles. The first-order chi connectivity index (χ1) is 3.71. The molecule has 0 aromatic carbocycles. The maximum Gasteiger partial charge on any atom is 0.659 e. The van der Waals surface area contributed by atoms with Crippen molar-refractivity contribution in [1.29, 1.82) is 0 Å². The van der Waals surface area contributed by atoms with Crippen molar-refractivity contribution in [2.24, 2.45) is 0 Å². The number of aliphatic hydroxyl groups is 2. The van der Waals surface area contributed by atoms with Gasteiger partial charge in [0.1, 0.15) is 0 Å². The van der Waals surface area contributed by atoms with Crippen LogP contribution in [0.15, 0.2) is 0 Å². The molecule has 0 fully saturated rings. The van der Waals surface area contributed by atoms with Gasteiger partial charge in [-0.1, -0.05) is 26.3 Å². The lowest BCUT2D eigenvalue weighted by Gasteiger charge is -2.02. The quantitative estimate of drug-likeness (QED) is 0.372. The number of alkyl halides is 6. The maximum atomic E-state index is 10.7. The Bertz CT molecular complexity index is 76.2. The fraction of sp³-hybridized carbons (Fsp3) is 1.00. The van der Waals surface area contributed by atoms with E-state index in [2.05, 4.69) is 0 Å². The second-order valence-corrected chi connectivity index (χ2v) is 1.05. The first kappa shape index (κ1) is 8.54.